The first-order valence-electron chi connectivity index (χ1n) is 7.10. The van der Waals surface area contributed by atoms with Gasteiger partial charge in [-0.1, -0.05) is 42.5 Å². The fourth-order valence-corrected chi connectivity index (χ4v) is 2.21. The van der Waals surface area contributed by atoms with Crippen LogP contribution in [0.5, 0.6) is 0 Å². The lowest BCUT2D eigenvalue weighted by Crippen LogP contribution is -1.98. The van der Waals surface area contributed by atoms with E-state index in [-0.39, 0.29) is 11.4 Å². The fraction of sp³-hybridized carbons (Fsp3) is 0. The Morgan fingerprint density at radius 3 is 2.21 bits per heavy atom. The first-order chi connectivity index (χ1) is 11.7. The summed E-state index contributed by atoms with van der Waals surface area (Å²) in [6.45, 7) is 0. The second kappa shape index (κ2) is 6.58. The van der Waals surface area contributed by atoms with Crippen molar-refractivity contribution in [3.8, 4) is 17.2 Å². The third-order valence-corrected chi connectivity index (χ3v) is 3.47. The van der Waals surface area contributed by atoms with Gasteiger partial charge in [-0.2, -0.15) is 15.6 Å². The summed E-state index contributed by atoms with van der Waals surface area (Å²) in [5.74, 6) is -1.13. The molecule has 0 spiro atoms. The van der Waals surface area contributed by atoms with Gasteiger partial charge in [0.05, 0.1) is 11.6 Å². The highest BCUT2D eigenvalue weighted by molar-refractivity contribution is 5.90. The monoisotopic (exact) mass is 316 g/mol. The number of carbonyl (C=O) groups is 1. The van der Waals surface area contributed by atoms with E-state index >= 15 is 0 Å². The molecule has 0 fully saturated rings. The van der Waals surface area contributed by atoms with Crippen molar-refractivity contribution in [2.75, 3.05) is 0 Å². The molecule has 6 heteroatoms. The van der Waals surface area contributed by atoms with Gasteiger partial charge in [0.15, 0.2) is 5.69 Å². The largest absolute Gasteiger partial charge is 0.476 e. The SMILES string of the molecule is N#Cc1ccc(-c2ccc(/C=C/c3n[nH]nc3C(=O)O)cc2)cc1. The Morgan fingerprint density at radius 1 is 1.00 bits per heavy atom. The molecule has 0 aliphatic carbocycles. The molecular weight excluding hydrogens is 304 g/mol. The van der Waals surface area contributed by atoms with Crippen molar-refractivity contribution in [1.29, 1.82) is 5.26 Å². The van der Waals surface area contributed by atoms with E-state index in [1.165, 1.54) is 0 Å². The Bertz CT molecular complexity index is 932. The van der Waals surface area contributed by atoms with Crippen molar-refractivity contribution < 1.29 is 9.90 Å². The number of nitriles is 1. The van der Waals surface area contributed by atoms with E-state index in [0.717, 1.165) is 16.7 Å². The molecule has 0 unspecified atom stereocenters. The van der Waals surface area contributed by atoms with Gasteiger partial charge >= 0.3 is 5.97 Å². The van der Waals surface area contributed by atoms with Crippen LogP contribution in [0.2, 0.25) is 0 Å². The summed E-state index contributed by atoms with van der Waals surface area (Å²) in [6.07, 6.45) is 3.37. The maximum Gasteiger partial charge on any atom is 0.358 e. The molecule has 116 valence electrons. The van der Waals surface area contributed by atoms with Gasteiger partial charge in [-0.05, 0) is 34.9 Å². The predicted octanol–water partition coefficient (Wildman–Crippen LogP) is 3.21. The number of H-pyrrole nitrogens is 1. The molecule has 0 atom stereocenters. The zero-order chi connectivity index (χ0) is 16.9. The number of aromatic carboxylic acids is 1. The third kappa shape index (κ3) is 3.20. The van der Waals surface area contributed by atoms with Crippen LogP contribution < -0.4 is 0 Å². The first kappa shape index (κ1) is 15.2. The summed E-state index contributed by atoms with van der Waals surface area (Å²) in [7, 11) is 0. The van der Waals surface area contributed by atoms with Crippen molar-refractivity contribution in [3.05, 3.63) is 71.0 Å². The summed E-state index contributed by atoms with van der Waals surface area (Å²) in [6, 6.07) is 17.2. The van der Waals surface area contributed by atoms with E-state index in [1.54, 1.807) is 24.3 Å². The van der Waals surface area contributed by atoms with Crippen LogP contribution in [-0.4, -0.2) is 26.5 Å². The van der Waals surface area contributed by atoms with Crippen molar-refractivity contribution in [2.45, 2.75) is 0 Å². The highest BCUT2D eigenvalue weighted by atomic mass is 16.4. The second-order valence-corrected chi connectivity index (χ2v) is 5.01. The van der Waals surface area contributed by atoms with Gasteiger partial charge in [0, 0.05) is 0 Å². The number of aromatic amines is 1. The number of benzene rings is 2. The molecule has 3 aromatic rings. The van der Waals surface area contributed by atoms with Crippen LogP contribution in [0.1, 0.15) is 27.3 Å². The Kier molecular flexibility index (Phi) is 4.17. The van der Waals surface area contributed by atoms with Crippen molar-refractivity contribution in [1.82, 2.24) is 15.4 Å². The maximum absolute atomic E-state index is 11.0. The Labute approximate surface area is 137 Å². The van der Waals surface area contributed by atoms with E-state index < -0.39 is 5.97 Å². The zero-order valence-electron chi connectivity index (χ0n) is 12.5. The van der Waals surface area contributed by atoms with Crippen molar-refractivity contribution in [2.24, 2.45) is 0 Å². The molecule has 2 N–H and O–H groups in total. The number of nitrogens with zero attached hydrogens (tertiary/aromatic N) is 3. The van der Waals surface area contributed by atoms with Crippen molar-refractivity contribution in [3.63, 3.8) is 0 Å². The van der Waals surface area contributed by atoms with Crippen molar-refractivity contribution >= 4 is 18.1 Å². The summed E-state index contributed by atoms with van der Waals surface area (Å²) in [5.41, 5.74) is 3.75. The summed E-state index contributed by atoms with van der Waals surface area (Å²) < 4.78 is 0. The first-order valence-corrected chi connectivity index (χ1v) is 7.10. The molecule has 6 nitrogen and oxygen atoms in total. The summed E-state index contributed by atoms with van der Waals surface area (Å²) in [4.78, 5) is 11.0. The number of nitrogens with one attached hydrogen (secondary N) is 1. The molecule has 24 heavy (non-hydrogen) atoms. The minimum absolute atomic E-state index is 0.111. The molecule has 0 radical (unpaired) electrons. The Balaban J connectivity index is 1.79. The topological polar surface area (TPSA) is 103 Å². The van der Waals surface area contributed by atoms with Crippen LogP contribution in [0.25, 0.3) is 23.3 Å². The lowest BCUT2D eigenvalue weighted by atomic mass is 10.0. The Morgan fingerprint density at radius 2 is 1.62 bits per heavy atom. The zero-order valence-corrected chi connectivity index (χ0v) is 12.5. The third-order valence-electron chi connectivity index (χ3n) is 3.47. The van der Waals surface area contributed by atoms with Gasteiger partial charge in [0.1, 0.15) is 5.69 Å². The minimum Gasteiger partial charge on any atom is -0.476 e. The molecule has 0 saturated carbocycles. The molecule has 2 aromatic carbocycles. The normalized spacial score (nSPS) is 10.6. The van der Waals surface area contributed by atoms with Crippen LogP contribution in [0.3, 0.4) is 0 Å². The molecule has 1 heterocycles. The number of hydrogen-bond acceptors (Lipinski definition) is 4. The average Bonchev–Trinajstić information content (AvgIpc) is 3.09. The van der Waals surface area contributed by atoms with Gasteiger partial charge in [-0.3, -0.25) is 0 Å². The lowest BCUT2D eigenvalue weighted by molar-refractivity contribution is 0.0690. The molecule has 0 aliphatic rings. The number of carboxylic acids is 1. The number of rotatable bonds is 4. The smallest absolute Gasteiger partial charge is 0.358 e. The highest BCUT2D eigenvalue weighted by Gasteiger charge is 2.12. The van der Waals surface area contributed by atoms with Crippen LogP contribution >= 0.6 is 0 Å². The van der Waals surface area contributed by atoms with E-state index in [1.807, 2.05) is 36.4 Å². The van der Waals surface area contributed by atoms with E-state index in [2.05, 4.69) is 21.5 Å². The maximum atomic E-state index is 11.0. The van der Waals surface area contributed by atoms with E-state index in [9.17, 15) is 4.79 Å². The van der Waals surface area contributed by atoms with Gasteiger partial charge in [-0.25, -0.2) is 4.79 Å². The van der Waals surface area contributed by atoms with Gasteiger partial charge in [-0.15, -0.1) is 5.10 Å². The van der Waals surface area contributed by atoms with Crippen LogP contribution in [0.4, 0.5) is 0 Å². The fourth-order valence-electron chi connectivity index (χ4n) is 2.21. The summed E-state index contributed by atoms with van der Waals surface area (Å²) >= 11 is 0. The molecular formula is C18H12N4O2. The standard InChI is InChI=1S/C18H12N4O2/c19-11-13-3-8-15(9-4-13)14-6-1-12(2-7-14)5-10-16-17(18(23)24)21-22-20-16/h1-10H,(H,23,24)(H,20,21,22)/b10-5+. The number of carboxylic acid groups (broad SMARTS) is 1. The van der Waals surface area contributed by atoms with Crippen LogP contribution in [0.15, 0.2) is 48.5 Å². The Hall–Kier alpha value is -3.72. The molecule has 1 aromatic heterocycles. The predicted molar refractivity (Wildman–Crippen MR) is 88.9 cm³/mol. The molecule has 0 aliphatic heterocycles. The molecule has 3 rings (SSSR count). The van der Waals surface area contributed by atoms with Gasteiger partial charge in [0.2, 0.25) is 0 Å². The van der Waals surface area contributed by atoms with Gasteiger partial charge < -0.3 is 5.11 Å². The molecule has 0 saturated heterocycles. The van der Waals surface area contributed by atoms with Crippen LogP contribution in [-0.2, 0) is 0 Å². The number of aromatic nitrogens is 3. The lowest BCUT2D eigenvalue weighted by Gasteiger charge is -2.02. The average molecular weight is 316 g/mol. The van der Waals surface area contributed by atoms with E-state index in [4.69, 9.17) is 10.4 Å². The number of hydrogen-bond donors (Lipinski definition) is 2. The molecule has 0 bridgehead atoms. The second-order valence-electron chi connectivity index (χ2n) is 5.01. The quantitative estimate of drug-likeness (QED) is 0.769. The van der Waals surface area contributed by atoms with E-state index in [0.29, 0.717) is 5.56 Å². The summed E-state index contributed by atoms with van der Waals surface area (Å²) in [5, 5.41) is 27.5. The van der Waals surface area contributed by atoms with Gasteiger partial charge in [0.25, 0.3) is 0 Å². The van der Waals surface area contributed by atoms with Crippen LogP contribution in [0, 0.1) is 11.3 Å². The highest BCUT2D eigenvalue weighted by Crippen LogP contribution is 2.21. The molecule has 0 amide bonds. The minimum atomic E-state index is -1.13.